The Balaban J connectivity index is 3.03. The SMILES string of the molecule is N#Cc1cc(CN)nc(OC(F)(F)F)c1. The maximum atomic E-state index is 11.8. The fraction of sp³-hybridized carbons (Fsp3) is 0.250. The second-order valence-corrected chi connectivity index (χ2v) is 2.55. The number of halogens is 3. The van der Waals surface area contributed by atoms with Crippen molar-refractivity contribution < 1.29 is 17.9 Å². The number of nitrogens with two attached hydrogens (primary N) is 1. The van der Waals surface area contributed by atoms with Gasteiger partial charge in [0, 0.05) is 12.6 Å². The van der Waals surface area contributed by atoms with Gasteiger partial charge in [-0.1, -0.05) is 0 Å². The fourth-order valence-electron chi connectivity index (χ4n) is 0.900. The lowest BCUT2D eigenvalue weighted by molar-refractivity contribution is -0.276. The third-order valence-corrected chi connectivity index (χ3v) is 1.41. The lowest BCUT2D eigenvalue weighted by atomic mass is 10.2. The van der Waals surface area contributed by atoms with E-state index in [-0.39, 0.29) is 17.8 Å². The number of nitrogens with zero attached hydrogens (tertiary/aromatic N) is 2. The van der Waals surface area contributed by atoms with E-state index in [1.54, 1.807) is 6.07 Å². The van der Waals surface area contributed by atoms with Gasteiger partial charge in [-0.15, -0.1) is 13.2 Å². The molecule has 4 nitrogen and oxygen atoms in total. The van der Waals surface area contributed by atoms with Gasteiger partial charge >= 0.3 is 6.36 Å². The molecule has 1 aromatic heterocycles. The van der Waals surface area contributed by atoms with Crippen molar-refractivity contribution in [2.45, 2.75) is 12.9 Å². The summed E-state index contributed by atoms with van der Waals surface area (Å²) in [5.41, 5.74) is 5.38. The number of pyridine rings is 1. The molecule has 0 bridgehead atoms. The molecule has 0 unspecified atom stereocenters. The van der Waals surface area contributed by atoms with Gasteiger partial charge in [0.15, 0.2) is 0 Å². The molecule has 1 rings (SSSR count). The molecule has 0 aliphatic heterocycles. The summed E-state index contributed by atoms with van der Waals surface area (Å²) in [6.45, 7) is -0.0657. The summed E-state index contributed by atoms with van der Waals surface area (Å²) >= 11 is 0. The van der Waals surface area contributed by atoms with Crippen molar-refractivity contribution in [1.29, 1.82) is 5.26 Å². The molecule has 0 aliphatic rings. The van der Waals surface area contributed by atoms with E-state index < -0.39 is 12.2 Å². The first-order valence-electron chi connectivity index (χ1n) is 3.81. The Morgan fingerprint density at radius 3 is 2.60 bits per heavy atom. The highest BCUT2D eigenvalue weighted by molar-refractivity contribution is 5.34. The molecule has 0 amide bonds. The van der Waals surface area contributed by atoms with Gasteiger partial charge in [-0.3, -0.25) is 0 Å². The third-order valence-electron chi connectivity index (χ3n) is 1.41. The summed E-state index contributed by atoms with van der Waals surface area (Å²) in [5, 5.41) is 8.52. The molecule has 0 aliphatic carbocycles. The van der Waals surface area contributed by atoms with Gasteiger partial charge in [-0.25, -0.2) is 4.98 Å². The lowest BCUT2D eigenvalue weighted by Crippen LogP contribution is -2.18. The van der Waals surface area contributed by atoms with Crippen LogP contribution in [-0.2, 0) is 6.54 Å². The molecular weight excluding hydrogens is 211 g/mol. The lowest BCUT2D eigenvalue weighted by Gasteiger charge is -2.08. The van der Waals surface area contributed by atoms with Gasteiger partial charge in [-0.05, 0) is 6.07 Å². The van der Waals surface area contributed by atoms with E-state index in [2.05, 4.69) is 9.72 Å². The van der Waals surface area contributed by atoms with E-state index in [4.69, 9.17) is 11.0 Å². The molecule has 0 aromatic carbocycles. The highest BCUT2D eigenvalue weighted by Crippen LogP contribution is 2.21. The van der Waals surface area contributed by atoms with E-state index in [9.17, 15) is 13.2 Å². The zero-order chi connectivity index (χ0) is 11.5. The summed E-state index contributed by atoms with van der Waals surface area (Å²) in [4.78, 5) is 3.47. The summed E-state index contributed by atoms with van der Waals surface area (Å²) < 4.78 is 39.1. The number of rotatable bonds is 2. The van der Waals surface area contributed by atoms with Crippen molar-refractivity contribution in [3.05, 3.63) is 23.4 Å². The van der Waals surface area contributed by atoms with Gasteiger partial charge < -0.3 is 10.5 Å². The Kier molecular flexibility index (Phi) is 3.11. The van der Waals surface area contributed by atoms with Crippen LogP contribution in [0.25, 0.3) is 0 Å². The Labute approximate surface area is 83.1 Å². The number of hydrogen-bond acceptors (Lipinski definition) is 4. The van der Waals surface area contributed by atoms with Crippen molar-refractivity contribution in [2.24, 2.45) is 5.73 Å². The van der Waals surface area contributed by atoms with Crippen molar-refractivity contribution in [2.75, 3.05) is 0 Å². The monoisotopic (exact) mass is 217 g/mol. The predicted octanol–water partition coefficient (Wildman–Crippen LogP) is 1.31. The van der Waals surface area contributed by atoms with Crippen molar-refractivity contribution in [3.8, 4) is 11.9 Å². The summed E-state index contributed by atoms with van der Waals surface area (Å²) in [7, 11) is 0. The van der Waals surface area contributed by atoms with Crippen LogP contribution < -0.4 is 10.5 Å². The minimum atomic E-state index is -4.83. The molecule has 0 spiro atoms. The largest absolute Gasteiger partial charge is 0.574 e. The van der Waals surface area contributed by atoms with Crippen LogP contribution in [0.2, 0.25) is 0 Å². The molecule has 1 aromatic rings. The predicted molar refractivity (Wildman–Crippen MR) is 43.5 cm³/mol. The number of alkyl halides is 3. The van der Waals surface area contributed by atoms with Gasteiger partial charge in [0.05, 0.1) is 17.3 Å². The number of aromatic nitrogens is 1. The minimum Gasteiger partial charge on any atom is -0.388 e. The normalized spacial score (nSPS) is 10.9. The van der Waals surface area contributed by atoms with Crippen molar-refractivity contribution in [3.63, 3.8) is 0 Å². The zero-order valence-electron chi connectivity index (χ0n) is 7.38. The van der Waals surface area contributed by atoms with Crippen LogP contribution in [0, 0.1) is 11.3 Å². The molecule has 0 saturated heterocycles. The van der Waals surface area contributed by atoms with E-state index in [1.807, 2.05) is 0 Å². The van der Waals surface area contributed by atoms with Crippen LogP contribution in [0.3, 0.4) is 0 Å². The highest BCUT2D eigenvalue weighted by atomic mass is 19.4. The van der Waals surface area contributed by atoms with Crippen LogP contribution >= 0.6 is 0 Å². The molecule has 0 saturated carbocycles. The third kappa shape index (κ3) is 3.44. The van der Waals surface area contributed by atoms with Crippen LogP contribution in [0.1, 0.15) is 11.3 Å². The summed E-state index contributed by atoms with van der Waals surface area (Å²) in [6.07, 6.45) is -4.83. The van der Waals surface area contributed by atoms with Crippen LogP contribution in [-0.4, -0.2) is 11.3 Å². The molecule has 15 heavy (non-hydrogen) atoms. The molecule has 1 heterocycles. The molecular formula is C8H6F3N3O. The second-order valence-electron chi connectivity index (χ2n) is 2.55. The molecule has 0 atom stereocenters. The Morgan fingerprint density at radius 2 is 2.13 bits per heavy atom. The average molecular weight is 217 g/mol. The number of ether oxygens (including phenoxy) is 1. The first-order valence-corrected chi connectivity index (χ1v) is 3.81. The van der Waals surface area contributed by atoms with Gasteiger partial charge in [0.2, 0.25) is 5.88 Å². The minimum absolute atomic E-state index is 0.0182. The Bertz CT molecular complexity index is 397. The quantitative estimate of drug-likeness (QED) is 0.810. The standard InChI is InChI=1S/C8H6F3N3O/c9-8(10,11)15-7-2-5(3-12)1-6(4-13)14-7/h1-2H,4,13H2. The smallest absolute Gasteiger partial charge is 0.388 e. The molecule has 2 N–H and O–H groups in total. The highest BCUT2D eigenvalue weighted by Gasteiger charge is 2.32. The van der Waals surface area contributed by atoms with Crippen LogP contribution in [0.15, 0.2) is 12.1 Å². The molecule has 7 heteroatoms. The molecule has 0 fully saturated rings. The summed E-state index contributed by atoms with van der Waals surface area (Å²) in [6, 6.07) is 3.88. The van der Waals surface area contributed by atoms with Crippen molar-refractivity contribution in [1.82, 2.24) is 4.98 Å². The van der Waals surface area contributed by atoms with Gasteiger partial charge in [-0.2, -0.15) is 5.26 Å². The first-order chi connectivity index (χ1) is 6.94. The Hall–Kier alpha value is -1.81. The van der Waals surface area contributed by atoms with Gasteiger partial charge in [0.1, 0.15) is 0 Å². The van der Waals surface area contributed by atoms with Gasteiger partial charge in [0.25, 0.3) is 0 Å². The maximum Gasteiger partial charge on any atom is 0.574 e. The van der Waals surface area contributed by atoms with E-state index in [1.165, 1.54) is 6.07 Å². The van der Waals surface area contributed by atoms with E-state index in [0.717, 1.165) is 6.07 Å². The van der Waals surface area contributed by atoms with Crippen LogP contribution in [0.5, 0.6) is 5.88 Å². The fourth-order valence-corrected chi connectivity index (χ4v) is 0.900. The van der Waals surface area contributed by atoms with Crippen molar-refractivity contribution >= 4 is 0 Å². The van der Waals surface area contributed by atoms with E-state index in [0.29, 0.717) is 0 Å². The van der Waals surface area contributed by atoms with Crippen LogP contribution in [0.4, 0.5) is 13.2 Å². The number of nitriles is 1. The Morgan fingerprint density at radius 1 is 1.47 bits per heavy atom. The first kappa shape index (κ1) is 11.3. The van der Waals surface area contributed by atoms with E-state index >= 15 is 0 Å². The second kappa shape index (κ2) is 4.14. The average Bonchev–Trinajstić information content (AvgIpc) is 2.14. The molecule has 0 radical (unpaired) electrons. The zero-order valence-corrected chi connectivity index (χ0v) is 7.38. The summed E-state index contributed by atoms with van der Waals surface area (Å²) in [5.74, 6) is -0.679. The molecule has 80 valence electrons. The topological polar surface area (TPSA) is 71.9 Å². The maximum absolute atomic E-state index is 11.8. The number of hydrogen-bond donors (Lipinski definition) is 1.